The molecule has 0 spiro atoms. The Kier molecular flexibility index (Phi) is 4.21. The zero-order chi connectivity index (χ0) is 16.6. The Morgan fingerprint density at radius 2 is 1.91 bits per heavy atom. The van der Waals surface area contributed by atoms with Gasteiger partial charge in [0.05, 0.1) is 6.04 Å². The van der Waals surface area contributed by atoms with Crippen molar-refractivity contribution >= 4 is 10.0 Å². The Bertz CT molecular complexity index is 836. The van der Waals surface area contributed by atoms with Gasteiger partial charge >= 0.3 is 0 Å². The minimum Gasteiger partial charge on any atom is -0.207 e. The van der Waals surface area contributed by atoms with E-state index in [1.165, 1.54) is 4.31 Å². The van der Waals surface area contributed by atoms with Gasteiger partial charge in [-0.05, 0) is 43.5 Å². The summed E-state index contributed by atoms with van der Waals surface area (Å²) in [6.07, 6.45) is 1.36. The maximum absolute atomic E-state index is 13.9. The molecule has 1 aliphatic rings. The predicted molar refractivity (Wildman–Crippen MR) is 83.4 cm³/mol. The number of nitrogens with zero attached hydrogens (tertiary/aromatic N) is 1. The summed E-state index contributed by atoms with van der Waals surface area (Å²) in [6, 6.07) is 9.77. The van der Waals surface area contributed by atoms with Gasteiger partial charge in [0.2, 0.25) is 10.0 Å². The summed E-state index contributed by atoms with van der Waals surface area (Å²) >= 11 is 0. The van der Waals surface area contributed by atoms with Gasteiger partial charge in [0.15, 0.2) is 0 Å². The SMILES string of the molecule is Cc1cccc([C@@H]2CCCN2S(=O)(=O)c2cc(F)ccc2F)c1. The van der Waals surface area contributed by atoms with Crippen LogP contribution in [0.4, 0.5) is 8.78 Å². The summed E-state index contributed by atoms with van der Waals surface area (Å²) in [5, 5.41) is 0. The maximum Gasteiger partial charge on any atom is 0.246 e. The van der Waals surface area contributed by atoms with Crippen molar-refractivity contribution in [3.05, 3.63) is 65.2 Å². The maximum atomic E-state index is 13.9. The van der Waals surface area contributed by atoms with Crippen LogP contribution in [0, 0.1) is 18.6 Å². The van der Waals surface area contributed by atoms with Crippen molar-refractivity contribution in [2.24, 2.45) is 0 Å². The van der Waals surface area contributed by atoms with Crippen LogP contribution in [-0.4, -0.2) is 19.3 Å². The number of halogens is 2. The molecule has 23 heavy (non-hydrogen) atoms. The van der Waals surface area contributed by atoms with Crippen molar-refractivity contribution in [2.45, 2.75) is 30.7 Å². The molecule has 2 aromatic rings. The Morgan fingerprint density at radius 1 is 1.13 bits per heavy atom. The second kappa shape index (κ2) is 6.02. The lowest BCUT2D eigenvalue weighted by molar-refractivity contribution is 0.393. The third-order valence-electron chi connectivity index (χ3n) is 4.11. The Balaban J connectivity index is 2.03. The molecular weight excluding hydrogens is 320 g/mol. The number of hydrogen-bond acceptors (Lipinski definition) is 2. The Hall–Kier alpha value is -1.79. The first-order valence-corrected chi connectivity index (χ1v) is 8.87. The molecule has 0 aliphatic carbocycles. The lowest BCUT2D eigenvalue weighted by Gasteiger charge is -2.25. The van der Waals surface area contributed by atoms with Crippen molar-refractivity contribution in [3.63, 3.8) is 0 Å². The van der Waals surface area contributed by atoms with Gasteiger partial charge in [0, 0.05) is 6.54 Å². The van der Waals surface area contributed by atoms with E-state index in [0.717, 1.165) is 29.3 Å². The molecule has 1 saturated heterocycles. The highest BCUT2D eigenvalue weighted by Gasteiger charge is 2.37. The first-order chi connectivity index (χ1) is 10.9. The molecule has 6 heteroatoms. The van der Waals surface area contributed by atoms with Crippen LogP contribution in [0.1, 0.15) is 30.0 Å². The van der Waals surface area contributed by atoms with Crippen molar-refractivity contribution < 1.29 is 17.2 Å². The van der Waals surface area contributed by atoms with Gasteiger partial charge in [-0.1, -0.05) is 29.8 Å². The summed E-state index contributed by atoms with van der Waals surface area (Å²) in [6.45, 7) is 2.24. The minimum atomic E-state index is -4.08. The van der Waals surface area contributed by atoms with Gasteiger partial charge in [-0.15, -0.1) is 0 Å². The molecule has 0 radical (unpaired) electrons. The van der Waals surface area contributed by atoms with E-state index < -0.39 is 26.6 Å². The van der Waals surface area contributed by atoms with Crippen LogP contribution in [0.3, 0.4) is 0 Å². The average Bonchev–Trinajstić information content (AvgIpc) is 3.00. The van der Waals surface area contributed by atoms with Gasteiger partial charge in [-0.3, -0.25) is 0 Å². The standard InChI is InChI=1S/C17H17F2NO2S/c1-12-4-2-5-13(10-12)16-6-3-9-20(16)23(21,22)17-11-14(18)7-8-15(17)19/h2,4-5,7-8,10-11,16H,3,6,9H2,1H3/t16-/m0/s1. The van der Waals surface area contributed by atoms with Gasteiger partial charge in [-0.25, -0.2) is 17.2 Å². The Labute approximate surface area is 134 Å². The number of benzene rings is 2. The van der Waals surface area contributed by atoms with Crippen molar-refractivity contribution in [1.82, 2.24) is 4.31 Å². The molecule has 1 atom stereocenters. The second-order valence-corrected chi connectivity index (χ2v) is 7.62. The molecule has 0 amide bonds. The fourth-order valence-corrected chi connectivity index (χ4v) is 4.80. The molecule has 0 aromatic heterocycles. The van der Waals surface area contributed by atoms with E-state index in [1.54, 1.807) is 0 Å². The normalized spacial score (nSPS) is 19.2. The van der Waals surface area contributed by atoms with Gasteiger partial charge < -0.3 is 0 Å². The van der Waals surface area contributed by atoms with Crippen LogP contribution in [0.2, 0.25) is 0 Å². The molecule has 0 bridgehead atoms. The molecule has 1 aliphatic heterocycles. The van der Waals surface area contributed by atoms with Gasteiger partial charge in [0.25, 0.3) is 0 Å². The summed E-state index contributed by atoms with van der Waals surface area (Å²) in [4.78, 5) is -0.600. The van der Waals surface area contributed by atoms with Crippen LogP contribution in [0.15, 0.2) is 47.4 Å². The molecule has 0 N–H and O–H groups in total. The van der Waals surface area contributed by atoms with E-state index >= 15 is 0 Å². The Morgan fingerprint density at radius 3 is 2.65 bits per heavy atom. The average molecular weight is 337 g/mol. The molecule has 1 heterocycles. The van der Waals surface area contributed by atoms with E-state index in [2.05, 4.69) is 0 Å². The van der Waals surface area contributed by atoms with Crippen LogP contribution in [-0.2, 0) is 10.0 Å². The number of sulfonamides is 1. The summed E-state index contributed by atoms with van der Waals surface area (Å²) in [5.74, 6) is -1.70. The molecule has 0 saturated carbocycles. The third kappa shape index (κ3) is 3.01. The highest BCUT2D eigenvalue weighted by atomic mass is 32.2. The van der Waals surface area contributed by atoms with E-state index in [-0.39, 0.29) is 6.04 Å². The fourth-order valence-electron chi connectivity index (χ4n) is 3.04. The molecule has 2 aromatic carbocycles. The number of rotatable bonds is 3. The molecule has 3 rings (SSSR count). The molecule has 3 nitrogen and oxygen atoms in total. The van der Waals surface area contributed by atoms with Crippen LogP contribution >= 0.6 is 0 Å². The van der Waals surface area contributed by atoms with Crippen molar-refractivity contribution in [3.8, 4) is 0 Å². The van der Waals surface area contributed by atoms with E-state index in [0.29, 0.717) is 19.4 Å². The van der Waals surface area contributed by atoms with Crippen LogP contribution in [0.5, 0.6) is 0 Å². The minimum absolute atomic E-state index is 0.302. The number of aryl methyl sites for hydroxylation is 1. The topological polar surface area (TPSA) is 37.4 Å². The van der Waals surface area contributed by atoms with Crippen LogP contribution < -0.4 is 0 Å². The predicted octanol–water partition coefficient (Wildman–Crippen LogP) is 3.80. The monoisotopic (exact) mass is 337 g/mol. The number of hydrogen-bond donors (Lipinski definition) is 0. The zero-order valence-corrected chi connectivity index (χ0v) is 13.5. The lowest BCUT2D eigenvalue weighted by atomic mass is 10.0. The van der Waals surface area contributed by atoms with Gasteiger partial charge in [-0.2, -0.15) is 4.31 Å². The van der Waals surface area contributed by atoms with Crippen LogP contribution in [0.25, 0.3) is 0 Å². The third-order valence-corrected chi connectivity index (χ3v) is 6.03. The molecule has 1 fully saturated rings. The molecule has 122 valence electrons. The van der Waals surface area contributed by atoms with Crippen molar-refractivity contribution in [1.29, 1.82) is 0 Å². The fraction of sp³-hybridized carbons (Fsp3) is 0.294. The second-order valence-electron chi connectivity index (χ2n) is 5.76. The largest absolute Gasteiger partial charge is 0.246 e. The molecule has 0 unspecified atom stereocenters. The highest BCUT2D eigenvalue weighted by molar-refractivity contribution is 7.89. The first-order valence-electron chi connectivity index (χ1n) is 7.43. The smallest absolute Gasteiger partial charge is 0.207 e. The lowest BCUT2D eigenvalue weighted by Crippen LogP contribution is -2.31. The molecular formula is C17H17F2NO2S. The zero-order valence-electron chi connectivity index (χ0n) is 12.7. The van der Waals surface area contributed by atoms with E-state index in [1.807, 2.05) is 31.2 Å². The van der Waals surface area contributed by atoms with E-state index in [9.17, 15) is 17.2 Å². The van der Waals surface area contributed by atoms with Gasteiger partial charge in [0.1, 0.15) is 16.5 Å². The van der Waals surface area contributed by atoms with E-state index in [4.69, 9.17) is 0 Å². The summed E-state index contributed by atoms with van der Waals surface area (Å²) in [5.41, 5.74) is 1.91. The summed E-state index contributed by atoms with van der Waals surface area (Å²) in [7, 11) is -4.08. The summed E-state index contributed by atoms with van der Waals surface area (Å²) < 4.78 is 54.2. The first kappa shape index (κ1) is 16.1. The highest BCUT2D eigenvalue weighted by Crippen LogP contribution is 2.37. The van der Waals surface area contributed by atoms with Crippen molar-refractivity contribution in [2.75, 3.05) is 6.54 Å². The quantitative estimate of drug-likeness (QED) is 0.854.